The summed E-state index contributed by atoms with van der Waals surface area (Å²) in [6.07, 6.45) is -0.706. The van der Waals surface area contributed by atoms with E-state index in [1.807, 2.05) is 23.6 Å². The molecule has 0 saturated heterocycles. The molecule has 0 saturated carbocycles. The Bertz CT molecular complexity index is 1170. The molecule has 0 fully saturated rings. The number of hydrogen-bond acceptors (Lipinski definition) is 6. The summed E-state index contributed by atoms with van der Waals surface area (Å²) in [4.78, 5) is 40.5. The molecule has 8 nitrogen and oxygen atoms in total. The second kappa shape index (κ2) is 10.4. The predicted molar refractivity (Wildman–Crippen MR) is 136 cm³/mol. The van der Waals surface area contributed by atoms with Gasteiger partial charge in [-0.3, -0.25) is 14.5 Å². The first-order chi connectivity index (χ1) is 16.1. The molecule has 3 aromatic rings. The van der Waals surface area contributed by atoms with Crippen LogP contribution in [0.3, 0.4) is 0 Å². The highest BCUT2D eigenvalue weighted by Crippen LogP contribution is 2.34. The van der Waals surface area contributed by atoms with E-state index < -0.39 is 11.7 Å². The summed E-state index contributed by atoms with van der Waals surface area (Å²) in [5.74, 6) is -0.766. The number of hydrogen-bond donors (Lipinski definition) is 3. The average Bonchev–Trinajstić information content (AvgIpc) is 3.31. The molecule has 3 rings (SSSR count). The van der Waals surface area contributed by atoms with Gasteiger partial charge in [0.15, 0.2) is 0 Å². The number of carbonyl (C=O) groups is 3. The number of benzene rings is 2. The van der Waals surface area contributed by atoms with Gasteiger partial charge in [0.05, 0.1) is 11.4 Å². The number of nitrogen functional groups attached to an aromatic ring is 1. The maximum absolute atomic E-state index is 13.1. The van der Waals surface area contributed by atoms with Crippen LogP contribution in [-0.2, 0) is 9.53 Å². The largest absolute Gasteiger partial charge is 0.443 e. The van der Waals surface area contributed by atoms with Crippen LogP contribution in [0.25, 0.3) is 10.4 Å². The van der Waals surface area contributed by atoms with Crippen LogP contribution in [-0.4, -0.2) is 37.1 Å². The number of likely N-dealkylation sites (N-methyl/N-ethyl adjacent to an activating group) is 1. The Balaban J connectivity index is 2.06. The van der Waals surface area contributed by atoms with E-state index in [1.54, 1.807) is 68.5 Å². The number of carbonyl (C=O) groups excluding carboxylic acids is 3. The topological polar surface area (TPSA) is 114 Å². The highest BCUT2D eigenvalue weighted by molar-refractivity contribution is 7.13. The molecule has 4 N–H and O–H groups in total. The Morgan fingerprint density at radius 3 is 2.35 bits per heavy atom. The van der Waals surface area contributed by atoms with Crippen molar-refractivity contribution in [2.75, 3.05) is 29.5 Å². The number of rotatable bonds is 6. The first-order valence-corrected chi connectivity index (χ1v) is 11.5. The summed E-state index contributed by atoms with van der Waals surface area (Å²) >= 11 is 1.55. The summed E-state index contributed by atoms with van der Waals surface area (Å²) in [5.41, 5.74) is 7.45. The Morgan fingerprint density at radius 1 is 1.06 bits per heavy atom. The summed E-state index contributed by atoms with van der Waals surface area (Å²) in [5, 5.41) is 7.36. The molecule has 0 aliphatic carbocycles. The zero-order valence-corrected chi connectivity index (χ0v) is 20.4. The second-order valence-electron chi connectivity index (χ2n) is 8.53. The lowest BCUT2D eigenvalue weighted by atomic mass is 10.1. The van der Waals surface area contributed by atoms with Gasteiger partial charge in [-0.15, -0.1) is 11.3 Å². The van der Waals surface area contributed by atoms with Gasteiger partial charge in [0.25, 0.3) is 5.91 Å². The fourth-order valence-corrected chi connectivity index (χ4v) is 3.81. The second-order valence-corrected chi connectivity index (χ2v) is 9.47. The molecular weight excluding hydrogens is 452 g/mol. The Hall–Kier alpha value is -3.85. The number of ether oxygens (including phenoxy) is 1. The van der Waals surface area contributed by atoms with Crippen LogP contribution in [0.2, 0.25) is 0 Å². The number of anilines is 3. The molecule has 9 heteroatoms. The minimum Gasteiger partial charge on any atom is -0.443 e. The zero-order chi connectivity index (χ0) is 24.9. The predicted octanol–water partition coefficient (Wildman–Crippen LogP) is 4.74. The number of nitrogens with two attached hydrogens (primary N) is 1. The fourth-order valence-electron chi connectivity index (χ4n) is 3.08. The van der Waals surface area contributed by atoms with Crippen LogP contribution in [0.1, 0.15) is 31.1 Å². The highest BCUT2D eigenvalue weighted by Gasteiger charge is 2.27. The smallest absolute Gasteiger partial charge is 0.415 e. The van der Waals surface area contributed by atoms with Crippen LogP contribution in [0.15, 0.2) is 60.0 Å². The average molecular weight is 481 g/mol. The molecule has 3 amide bonds. The Labute approximate surface area is 202 Å². The van der Waals surface area contributed by atoms with Crippen molar-refractivity contribution in [3.63, 3.8) is 0 Å². The molecule has 1 heterocycles. The molecule has 0 atom stereocenters. The maximum atomic E-state index is 13.1. The van der Waals surface area contributed by atoms with Crippen molar-refractivity contribution in [2.24, 2.45) is 0 Å². The molecule has 1 aromatic heterocycles. The van der Waals surface area contributed by atoms with E-state index in [4.69, 9.17) is 10.5 Å². The van der Waals surface area contributed by atoms with Gasteiger partial charge >= 0.3 is 6.09 Å². The zero-order valence-electron chi connectivity index (χ0n) is 19.5. The monoisotopic (exact) mass is 480 g/mol. The van der Waals surface area contributed by atoms with Gasteiger partial charge in [-0.05, 0) is 74.2 Å². The van der Waals surface area contributed by atoms with Crippen LogP contribution in [0.4, 0.5) is 21.9 Å². The Kier molecular flexibility index (Phi) is 7.57. The number of thiophene rings is 1. The van der Waals surface area contributed by atoms with Gasteiger partial charge < -0.3 is 21.1 Å². The normalized spacial score (nSPS) is 10.9. The first kappa shape index (κ1) is 24.8. The number of nitrogens with one attached hydrogen (secondary N) is 2. The lowest BCUT2D eigenvalue weighted by molar-refractivity contribution is -0.119. The third kappa shape index (κ3) is 6.35. The molecule has 0 aliphatic rings. The van der Waals surface area contributed by atoms with Gasteiger partial charge in [-0.1, -0.05) is 12.1 Å². The quantitative estimate of drug-likeness (QED) is 0.441. The van der Waals surface area contributed by atoms with Gasteiger partial charge in [0.1, 0.15) is 12.1 Å². The lowest BCUT2D eigenvalue weighted by Crippen LogP contribution is -2.43. The lowest BCUT2D eigenvalue weighted by Gasteiger charge is -2.28. The van der Waals surface area contributed by atoms with Crippen LogP contribution in [0.5, 0.6) is 0 Å². The molecule has 2 aromatic carbocycles. The van der Waals surface area contributed by atoms with Crippen molar-refractivity contribution in [3.8, 4) is 10.4 Å². The van der Waals surface area contributed by atoms with E-state index in [0.29, 0.717) is 22.6 Å². The minimum absolute atomic E-state index is 0.283. The summed E-state index contributed by atoms with van der Waals surface area (Å²) in [6.45, 7) is 4.94. The maximum Gasteiger partial charge on any atom is 0.415 e. The van der Waals surface area contributed by atoms with Crippen molar-refractivity contribution < 1.29 is 19.1 Å². The van der Waals surface area contributed by atoms with E-state index >= 15 is 0 Å². The SMILES string of the molecule is CNC(=O)CN(C(=O)OC(C)(C)C)c1ccc(-c2cccs2)cc1NC(=O)c1ccc(N)cc1. The van der Waals surface area contributed by atoms with E-state index in [0.717, 1.165) is 10.4 Å². The molecule has 0 aliphatic heterocycles. The Morgan fingerprint density at radius 2 is 1.76 bits per heavy atom. The molecule has 0 bridgehead atoms. The third-order valence-electron chi connectivity index (χ3n) is 4.71. The molecular formula is C25H28N4O4S. The molecule has 0 radical (unpaired) electrons. The van der Waals surface area contributed by atoms with Crippen LogP contribution in [0, 0.1) is 0 Å². The van der Waals surface area contributed by atoms with Crippen molar-refractivity contribution in [3.05, 3.63) is 65.5 Å². The fraction of sp³-hybridized carbons (Fsp3) is 0.240. The van der Waals surface area contributed by atoms with E-state index in [9.17, 15) is 14.4 Å². The van der Waals surface area contributed by atoms with Gasteiger partial charge in [-0.2, -0.15) is 0 Å². The summed E-state index contributed by atoms with van der Waals surface area (Å²) in [7, 11) is 1.49. The van der Waals surface area contributed by atoms with E-state index in [-0.39, 0.29) is 18.4 Å². The standard InChI is InChI=1S/C25H28N4O4S/c1-25(2,3)33-24(32)29(15-22(30)27-4)20-12-9-17(21-6-5-13-34-21)14-19(20)28-23(31)16-7-10-18(26)11-8-16/h5-14H,15,26H2,1-4H3,(H,27,30)(H,28,31). The third-order valence-corrected chi connectivity index (χ3v) is 5.63. The molecule has 34 heavy (non-hydrogen) atoms. The van der Waals surface area contributed by atoms with Crippen LogP contribution >= 0.6 is 11.3 Å². The van der Waals surface area contributed by atoms with E-state index in [1.165, 1.54) is 11.9 Å². The van der Waals surface area contributed by atoms with E-state index in [2.05, 4.69) is 10.6 Å². The summed E-state index contributed by atoms with van der Waals surface area (Å²) < 4.78 is 5.54. The van der Waals surface area contributed by atoms with Crippen LogP contribution < -0.4 is 21.3 Å². The molecule has 0 unspecified atom stereocenters. The summed E-state index contributed by atoms with van der Waals surface area (Å²) in [6, 6.07) is 15.7. The number of amides is 3. The van der Waals surface area contributed by atoms with Crippen molar-refractivity contribution >= 4 is 46.3 Å². The molecule has 178 valence electrons. The van der Waals surface area contributed by atoms with Gasteiger partial charge in [0.2, 0.25) is 5.91 Å². The number of nitrogens with zero attached hydrogens (tertiary/aromatic N) is 1. The van der Waals surface area contributed by atoms with Crippen molar-refractivity contribution in [2.45, 2.75) is 26.4 Å². The highest BCUT2D eigenvalue weighted by atomic mass is 32.1. The molecule has 0 spiro atoms. The minimum atomic E-state index is -0.775. The van der Waals surface area contributed by atoms with Gasteiger partial charge in [0, 0.05) is 23.2 Å². The first-order valence-electron chi connectivity index (χ1n) is 10.6. The van der Waals surface area contributed by atoms with Gasteiger partial charge in [-0.25, -0.2) is 4.79 Å². The van der Waals surface area contributed by atoms with Crippen molar-refractivity contribution in [1.82, 2.24) is 5.32 Å². The van der Waals surface area contributed by atoms with Crippen molar-refractivity contribution in [1.29, 1.82) is 0 Å².